The van der Waals surface area contributed by atoms with E-state index < -0.39 is 0 Å². The summed E-state index contributed by atoms with van der Waals surface area (Å²) in [5, 5.41) is 0. The van der Waals surface area contributed by atoms with E-state index in [2.05, 4.69) is 49.2 Å². The smallest absolute Gasteiger partial charge is 0.137 e. The largest absolute Gasteiger partial charge is 0.329 e. The second-order valence-electron chi connectivity index (χ2n) is 5.83. The molecule has 0 saturated carbocycles. The van der Waals surface area contributed by atoms with Gasteiger partial charge < -0.3 is 10.6 Å². The SMILES string of the molecule is Cc1ccccc1N(C)c1nc2c(cc1CN)CCCC2. The average molecular weight is 281 g/mol. The van der Waals surface area contributed by atoms with Crippen LogP contribution in [0.1, 0.15) is 35.2 Å². The third-order valence-corrected chi connectivity index (χ3v) is 4.37. The maximum absolute atomic E-state index is 5.97. The van der Waals surface area contributed by atoms with E-state index in [4.69, 9.17) is 10.7 Å². The molecule has 0 fully saturated rings. The zero-order valence-corrected chi connectivity index (χ0v) is 12.9. The van der Waals surface area contributed by atoms with Crippen molar-refractivity contribution in [2.75, 3.05) is 11.9 Å². The van der Waals surface area contributed by atoms with Crippen LogP contribution in [-0.2, 0) is 19.4 Å². The number of nitrogens with zero attached hydrogens (tertiary/aromatic N) is 2. The molecule has 2 N–H and O–H groups in total. The van der Waals surface area contributed by atoms with Gasteiger partial charge in [-0.25, -0.2) is 4.98 Å². The predicted molar refractivity (Wildman–Crippen MR) is 88.0 cm³/mol. The molecule has 2 aromatic rings. The highest BCUT2D eigenvalue weighted by atomic mass is 15.2. The molecule has 1 aliphatic carbocycles. The first kappa shape index (κ1) is 14.1. The fourth-order valence-corrected chi connectivity index (χ4v) is 3.16. The highest BCUT2D eigenvalue weighted by Crippen LogP contribution is 2.31. The Balaban J connectivity index is 2.06. The van der Waals surface area contributed by atoms with E-state index in [1.807, 2.05) is 0 Å². The van der Waals surface area contributed by atoms with Gasteiger partial charge in [0, 0.05) is 30.5 Å². The summed E-state index contributed by atoms with van der Waals surface area (Å²) in [6, 6.07) is 10.7. The number of aromatic nitrogens is 1. The van der Waals surface area contributed by atoms with Crippen molar-refractivity contribution < 1.29 is 0 Å². The van der Waals surface area contributed by atoms with Gasteiger partial charge in [0.25, 0.3) is 0 Å². The fraction of sp³-hybridized carbons (Fsp3) is 0.389. The van der Waals surface area contributed by atoms with Crippen molar-refractivity contribution in [3.8, 4) is 0 Å². The molecule has 0 amide bonds. The molecule has 0 radical (unpaired) electrons. The van der Waals surface area contributed by atoms with Gasteiger partial charge in [-0.2, -0.15) is 0 Å². The molecule has 3 nitrogen and oxygen atoms in total. The Hall–Kier alpha value is -1.87. The number of nitrogens with two attached hydrogens (primary N) is 1. The molecule has 1 heterocycles. The minimum atomic E-state index is 0.534. The minimum Gasteiger partial charge on any atom is -0.329 e. The van der Waals surface area contributed by atoms with Crippen molar-refractivity contribution in [3.05, 3.63) is 52.7 Å². The van der Waals surface area contributed by atoms with E-state index in [0.29, 0.717) is 6.54 Å². The molecule has 0 bridgehead atoms. The zero-order chi connectivity index (χ0) is 14.8. The van der Waals surface area contributed by atoms with Gasteiger partial charge in [-0.15, -0.1) is 0 Å². The summed E-state index contributed by atoms with van der Waals surface area (Å²) >= 11 is 0. The van der Waals surface area contributed by atoms with Crippen LogP contribution in [0.4, 0.5) is 11.5 Å². The Morgan fingerprint density at radius 2 is 1.95 bits per heavy atom. The van der Waals surface area contributed by atoms with Crippen LogP contribution in [0.2, 0.25) is 0 Å². The Labute approximate surface area is 126 Å². The number of fused-ring (bicyclic) bond motifs is 1. The zero-order valence-electron chi connectivity index (χ0n) is 12.9. The van der Waals surface area contributed by atoms with Gasteiger partial charge in [0.15, 0.2) is 0 Å². The minimum absolute atomic E-state index is 0.534. The molecule has 3 rings (SSSR count). The first-order valence-corrected chi connectivity index (χ1v) is 7.72. The van der Waals surface area contributed by atoms with Gasteiger partial charge in [-0.1, -0.05) is 18.2 Å². The van der Waals surface area contributed by atoms with Crippen LogP contribution in [0.15, 0.2) is 30.3 Å². The maximum atomic E-state index is 5.97. The third-order valence-electron chi connectivity index (χ3n) is 4.37. The lowest BCUT2D eigenvalue weighted by atomic mass is 9.94. The molecular formula is C18H23N3. The number of benzene rings is 1. The maximum Gasteiger partial charge on any atom is 0.137 e. The summed E-state index contributed by atoms with van der Waals surface area (Å²) in [5.74, 6) is 1.01. The molecule has 21 heavy (non-hydrogen) atoms. The summed E-state index contributed by atoms with van der Waals surface area (Å²) in [7, 11) is 2.08. The number of rotatable bonds is 3. The van der Waals surface area contributed by atoms with Crippen LogP contribution >= 0.6 is 0 Å². The van der Waals surface area contributed by atoms with Gasteiger partial charge >= 0.3 is 0 Å². The van der Waals surface area contributed by atoms with Gasteiger partial charge in [-0.05, 0) is 55.9 Å². The van der Waals surface area contributed by atoms with E-state index in [1.165, 1.54) is 35.3 Å². The Kier molecular flexibility index (Phi) is 3.93. The van der Waals surface area contributed by atoms with Crippen LogP contribution in [0.25, 0.3) is 0 Å². The van der Waals surface area contributed by atoms with E-state index in [0.717, 1.165) is 24.2 Å². The van der Waals surface area contributed by atoms with Crippen molar-refractivity contribution in [1.82, 2.24) is 4.98 Å². The second-order valence-corrected chi connectivity index (χ2v) is 5.83. The summed E-state index contributed by atoms with van der Waals surface area (Å²) < 4.78 is 0. The Morgan fingerprint density at radius 1 is 1.19 bits per heavy atom. The number of hydrogen-bond acceptors (Lipinski definition) is 3. The lowest BCUT2D eigenvalue weighted by Crippen LogP contribution is -2.19. The molecular weight excluding hydrogens is 258 g/mol. The highest BCUT2D eigenvalue weighted by molar-refractivity contribution is 5.66. The lowest BCUT2D eigenvalue weighted by Gasteiger charge is -2.26. The number of aryl methyl sites for hydroxylation is 3. The quantitative estimate of drug-likeness (QED) is 0.936. The number of para-hydroxylation sites is 1. The molecule has 0 spiro atoms. The van der Waals surface area contributed by atoms with Crippen LogP contribution in [0.5, 0.6) is 0 Å². The Morgan fingerprint density at radius 3 is 2.71 bits per heavy atom. The summed E-state index contributed by atoms with van der Waals surface area (Å²) in [6.45, 7) is 2.66. The van der Waals surface area contributed by atoms with Gasteiger partial charge in [0.1, 0.15) is 5.82 Å². The van der Waals surface area contributed by atoms with Crippen LogP contribution in [0, 0.1) is 6.92 Å². The van der Waals surface area contributed by atoms with E-state index in [1.54, 1.807) is 0 Å². The summed E-state index contributed by atoms with van der Waals surface area (Å²) in [5.41, 5.74) is 12.2. The molecule has 1 aromatic carbocycles. The van der Waals surface area contributed by atoms with E-state index >= 15 is 0 Å². The van der Waals surface area contributed by atoms with Crippen LogP contribution in [0.3, 0.4) is 0 Å². The van der Waals surface area contributed by atoms with Crippen molar-refractivity contribution in [3.63, 3.8) is 0 Å². The monoisotopic (exact) mass is 281 g/mol. The highest BCUT2D eigenvalue weighted by Gasteiger charge is 2.18. The number of pyridine rings is 1. The molecule has 0 unspecified atom stereocenters. The fourth-order valence-electron chi connectivity index (χ4n) is 3.16. The van der Waals surface area contributed by atoms with Crippen LogP contribution < -0.4 is 10.6 Å². The molecule has 1 aliphatic rings. The van der Waals surface area contributed by atoms with Crippen molar-refractivity contribution in [2.24, 2.45) is 5.73 Å². The average Bonchev–Trinajstić information content (AvgIpc) is 2.53. The standard InChI is InChI=1S/C18H23N3/c1-13-7-3-6-10-17(13)21(2)18-15(12-19)11-14-8-4-5-9-16(14)20-18/h3,6-7,10-11H,4-5,8-9,12,19H2,1-2H3. The molecule has 3 heteroatoms. The number of anilines is 2. The predicted octanol–water partition coefficient (Wildman–Crippen LogP) is 3.50. The first-order valence-electron chi connectivity index (χ1n) is 7.72. The molecule has 1 aromatic heterocycles. The Bertz CT molecular complexity index is 649. The van der Waals surface area contributed by atoms with Gasteiger partial charge in [0.05, 0.1) is 0 Å². The van der Waals surface area contributed by atoms with E-state index in [-0.39, 0.29) is 0 Å². The van der Waals surface area contributed by atoms with Crippen molar-refractivity contribution in [2.45, 2.75) is 39.2 Å². The summed E-state index contributed by atoms with van der Waals surface area (Å²) in [4.78, 5) is 7.12. The van der Waals surface area contributed by atoms with Crippen molar-refractivity contribution >= 4 is 11.5 Å². The normalized spacial score (nSPS) is 13.9. The van der Waals surface area contributed by atoms with Gasteiger partial charge in [-0.3, -0.25) is 0 Å². The lowest BCUT2D eigenvalue weighted by molar-refractivity contribution is 0.665. The number of hydrogen-bond donors (Lipinski definition) is 1. The van der Waals surface area contributed by atoms with E-state index in [9.17, 15) is 0 Å². The molecule has 0 atom stereocenters. The van der Waals surface area contributed by atoms with Gasteiger partial charge in [0.2, 0.25) is 0 Å². The topological polar surface area (TPSA) is 42.2 Å². The van der Waals surface area contributed by atoms with Crippen molar-refractivity contribution in [1.29, 1.82) is 0 Å². The molecule has 110 valence electrons. The van der Waals surface area contributed by atoms with Crippen LogP contribution in [-0.4, -0.2) is 12.0 Å². The molecule has 0 saturated heterocycles. The summed E-state index contributed by atoms with van der Waals surface area (Å²) in [6.07, 6.45) is 4.75. The second kappa shape index (κ2) is 5.86. The molecule has 0 aliphatic heterocycles. The first-order chi connectivity index (χ1) is 10.2. The third kappa shape index (κ3) is 2.66.